The number of nitrogens with two attached hydrogens (primary N) is 1. The molecule has 1 aliphatic heterocycles. The number of primary amides is 1. The Morgan fingerprint density at radius 3 is 2.83 bits per heavy atom. The lowest BCUT2D eigenvalue weighted by Crippen LogP contribution is -2.45. The molecule has 3 heterocycles. The number of benzene rings is 2. The van der Waals surface area contributed by atoms with Crippen molar-refractivity contribution in [3.63, 3.8) is 0 Å². The summed E-state index contributed by atoms with van der Waals surface area (Å²) >= 11 is 5.88. The number of aromatic nitrogens is 3. The second-order valence-corrected chi connectivity index (χ2v) is 10.8. The zero-order valence-corrected chi connectivity index (χ0v) is 22.8. The Labute approximate surface area is 239 Å². The molecule has 2 aromatic carbocycles. The van der Waals surface area contributed by atoms with Gasteiger partial charge in [-0.25, -0.2) is 19.0 Å². The van der Waals surface area contributed by atoms with Crippen LogP contribution in [0.15, 0.2) is 61.3 Å². The normalized spacial score (nSPS) is 19.3. The van der Waals surface area contributed by atoms with Gasteiger partial charge in [0.2, 0.25) is 0 Å². The summed E-state index contributed by atoms with van der Waals surface area (Å²) in [6, 6.07) is 8.13. The van der Waals surface area contributed by atoms with Gasteiger partial charge in [-0.2, -0.15) is 0 Å². The van der Waals surface area contributed by atoms with E-state index in [-0.39, 0.29) is 35.6 Å². The number of rotatable bonds is 9. The predicted octanol–water partition coefficient (Wildman–Crippen LogP) is 4.83. The van der Waals surface area contributed by atoms with Crippen LogP contribution in [0, 0.1) is 11.7 Å². The maximum absolute atomic E-state index is 14.3. The van der Waals surface area contributed by atoms with Gasteiger partial charge in [0, 0.05) is 36.4 Å². The van der Waals surface area contributed by atoms with E-state index in [2.05, 4.69) is 10.3 Å². The van der Waals surface area contributed by atoms with Crippen molar-refractivity contribution in [2.45, 2.75) is 44.3 Å². The van der Waals surface area contributed by atoms with Crippen LogP contribution < -0.4 is 15.8 Å². The summed E-state index contributed by atoms with van der Waals surface area (Å²) in [4.78, 5) is 44.5. The molecule has 212 valence electrons. The van der Waals surface area contributed by atoms with Crippen molar-refractivity contribution in [3.05, 3.63) is 77.7 Å². The van der Waals surface area contributed by atoms with Gasteiger partial charge in [0.25, 0.3) is 0 Å². The quantitative estimate of drug-likeness (QED) is 0.294. The van der Waals surface area contributed by atoms with Crippen molar-refractivity contribution in [1.82, 2.24) is 19.0 Å². The molecule has 10 nitrogen and oxygen atoms in total. The molecule has 1 saturated carbocycles. The summed E-state index contributed by atoms with van der Waals surface area (Å²) in [5.74, 6) is 0.168. The largest absolute Gasteiger partial charge is 0.492 e. The lowest BCUT2D eigenvalue weighted by Gasteiger charge is -2.27. The number of likely N-dealkylation sites (tertiary alicyclic amines) is 1. The highest BCUT2D eigenvalue weighted by atomic mass is 35.5. The number of hydrogen-bond donors (Lipinski definition) is 2. The minimum atomic E-state index is -0.700. The standard InChI is InChI=1S/C29H28ClFN6O4/c30-21-3-1-2-17(27(21)31)4-7-26(38)25-13-18-12-24(18)37(25)29(40)34-22-15-36(28(32)39)23-6-5-19(14-20(22)23)41-11-10-35-9-8-33-16-35/h1-3,5-6,8-9,14-16,18,24-25H,4,7,10-13H2,(H2,32,39)(H,34,40)/t18-,24-,25+/m1/s1. The van der Waals surface area contributed by atoms with E-state index < -0.39 is 23.9 Å². The highest BCUT2D eigenvalue weighted by molar-refractivity contribution is 6.30. The van der Waals surface area contributed by atoms with Crippen molar-refractivity contribution in [1.29, 1.82) is 0 Å². The molecular weight excluding hydrogens is 551 g/mol. The molecule has 2 fully saturated rings. The number of carbonyl (C=O) groups excluding carboxylic acids is 3. The van der Waals surface area contributed by atoms with E-state index >= 15 is 0 Å². The lowest BCUT2D eigenvalue weighted by atomic mass is 10.00. The number of nitrogens with zero attached hydrogens (tertiary/aromatic N) is 4. The molecule has 2 aromatic heterocycles. The van der Waals surface area contributed by atoms with Gasteiger partial charge in [-0.15, -0.1) is 0 Å². The molecule has 1 saturated heterocycles. The summed E-state index contributed by atoms with van der Waals surface area (Å²) in [5, 5.41) is 3.49. The van der Waals surface area contributed by atoms with Crippen LogP contribution in [-0.2, 0) is 17.8 Å². The Balaban J connectivity index is 1.18. The first kappa shape index (κ1) is 26.8. The first-order valence-corrected chi connectivity index (χ1v) is 13.8. The number of imidazole rings is 1. The van der Waals surface area contributed by atoms with E-state index in [1.165, 1.54) is 16.8 Å². The zero-order valence-electron chi connectivity index (χ0n) is 22.0. The number of nitrogens with one attached hydrogen (secondary N) is 1. The Kier molecular flexibility index (Phi) is 7.12. The number of piperidine rings is 1. The summed E-state index contributed by atoms with van der Waals surface area (Å²) in [6.07, 6.45) is 8.39. The minimum absolute atomic E-state index is 0.0138. The number of fused-ring (bicyclic) bond motifs is 2. The van der Waals surface area contributed by atoms with Crippen LogP contribution >= 0.6 is 11.6 Å². The van der Waals surface area contributed by atoms with Crippen LogP contribution in [0.4, 0.5) is 19.7 Å². The fourth-order valence-electron chi connectivity index (χ4n) is 5.65. The average Bonchev–Trinajstić information content (AvgIpc) is 3.28. The second-order valence-electron chi connectivity index (χ2n) is 10.4. The Bertz CT molecular complexity index is 1640. The van der Waals surface area contributed by atoms with Crippen molar-refractivity contribution < 1.29 is 23.5 Å². The third kappa shape index (κ3) is 5.37. The van der Waals surface area contributed by atoms with E-state index in [1.54, 1.807) is 47.8 Å². The number of anilines is 1. The van der Waals surface area contributed by atoms with E-state index in [0.717, 1.165) is 6.42 Å². The summed E-state index contributed by atoms with van der Waals surface area (Å²) in [7, 11) is 0. The average molecular weight is 579 g/mol. The van der Waals surface area contributed by atoms with Gasteiger partial charge < -0.3 is 25.3 Å². The first-order valence-electron chi connectivity index (χ1n) is 13.4. The van der Waals surface area contributed by atoms with Gasteiger partial charge in [0.15, 0.2) is 5.78 Å². The fraction of sp³-hybridized carbons (Fsp3) is 0.310. The molecule has 4 aromatic rings. The molecule has 3 atom stereocenters. The van der Waals surface area contributed by atoms with Crippen LogP contribution in [0.1, 0.15) is 24.8 Å². The van der Waals surface area contributed by atoms with Crippen molar-refractivity contribution in [2.75, 3.05) is 11.9 Å². The SMILES string of the molecule is NC(=O)n1cc(NC(=O)N2[C@@H]3C[C@@H]3C[C@H]2C(=O)CCc2cccc(Cl)c2F)c2cc(OCCn3ccnc3)ccc21. The fourth-order valence-corrected chi connectivity index (χ4v) is 5.84. The summed E-state index contributed by atoms with van der Waals surface area (Å²) < 4.78 is 23.4. The Morgan fingerprint density at radius 1 is 1.20 bits per heavy atom. The second kappa shape index (κ2) is 10.9. The van der Waals surface area contributed by atoms with Crippen LogP contribution in [-0.4, -0.2) is 55.6 Å². The van der Waals surface area contributed by atoms with Gasteiger partial charge in [0.1, 0.15) is 18.2 Å². The Morgan fingerprint density at radius 2 is 2.05 bits per heavy atom. The minimum Gasteiger partial charge on any atom is -0.492 e. The zero-order chi connectivity index (χ0) is 28.7. The molecule has 1 aliphatic carbocycles. The first-order chi connectivity index (χ1) is 19.8. The van der Waals surface area contributed by atoms with Crippen molar-refractivity contribution in [3.8, 4) is 5.75 Å². The summed E-state index contributed by atoms with van der Waals surface area (Å²) in [5.41, 5.74) is 6.85. The molecule has 3 N–H and O–H groups in total. The highest BCUT2D eigenvalue weighted by Crippen LogP contribution is 2.48. The number of urea groups is 1. The summed E-state index contributed by atoms with van der Waals surface area (Å²) in [6.45, 7) is 0.987. The molecule has 6 rings (SSSR count). The number of ether oxygens (including phenoxy) is 1. The smallest absolute Gasteiger partial charge is 0.323 e. The van der Waals surface area contributed by atoms with Gasteiger partial charge in [-0.3, -0.25) is 9.36 Å². The molecule has 0 unspecified atom stereocenters. The maximum atomic E-state index is 14.3. The van der Waals surface area contributed by atoms with Gasteiger partial charge in [-0.1, -0.05) is 23.7 Å². The van der Waals surface area contributed by atoms with Gasteiger partial charge in [-0.05, 0) is 55.0 Å². The molecular formula is C29H28ClFN6O4. The Hall–Kier alpha value is -4.38. The number of aryl methyl sites for hydroxylation is 1. The van der Waals surface area contributed by atoms with Gasteiger partial charge in [0.05, 0.1) is 35.1 Å². The van der Waals surface area contributed by atoms with Crippen molar-refractivity contribution >= 4 is 46.0 Å². The van der Waals surface area contributed by atoms with E-state index in [1.807, 2.05) is 10.8 Å². The highest BCUT2D eigenvalue weighted by Gasteiger charge is 2.55. The number of hydrogen-bond acceptors (Lipinski definition) is 5. The number of Topliss-reactive ketones (excluding diaryl/α,β-unsaturated/α-hetero) is 1. The number of amides is 3. The third-order valence-corrected chi connectivity index (χ3v) is 8.11. The number of halogens is 2. The lowest BCUT2D eigenvalue weighted by molar-refractivity contribution is -0.123. The molecule has 0 spiro atoms. The van der Waals surface area contributed by atoms with E-state index in [4.69, 9.17) is 22.1 Å². The van der Waals surface area contributed by atoms with Crippen LogP contribution in [0.25, 0.3) is 10.9 Å². The number of ketones is 1. The van der Waals surface area contributed by atoms with Crippen LogP contribution in [0.3, 0.4) is 0 Å². The molecule has 3 amide bonds. The predicted molar refractivity (Wildman–Crippen MR) is 151 cm³/mol. The van der Waals surface area contributed by atoms with Crippen molar-refractivity contribution in [2.24, 2.45) is 11.7 Å². The van der Waals surface area contributed by atoms with E-state index in [0.29, 0.717) is 47.5 Å². The van der Waals surface area contributed by atoms with Crippen LogP contribution in [0.5, 0.6) is 5.75 Å². The molecule has 2 aliphatic rings. The number of carbonyl (C=O) groups is 3. The maximum Gasteiger partial charge on any atom is 0.323 e. The topological polar surface area (TPSA) is 124 Å². The van der Waals surface area contributed by atoms with Crippen LogP contribution in [0.2, 0.25) is 5.02 Å². The van der Waals surface area contributed by atoms with Gasteiger partial charge >= 0.3 is 12.1 Å². The monoisotopic (exact) mass is 578 g/mol. The molecule has 0 radical (unpaired) electrons. The van der Waals surface area contributed by atoms with E-state index in [9.17, 15) is 18.8 Å². The third-order valence-electron chi connectivity index (χ3n) is 7.82. The molecule has 12 heteroatoms. The molecule has 41 heavy (non-hydrogen) atoms. The molecule has 0 bridgehead atoms.